The molecule has 0 unspecified atom stereocenters. The lowest BCUT2D eigenvalue weighted by atomic mass is 10.2. The Labute approximate surface area is 137 Å². The van der Waals surface area contributed by atoms with E-state index >= 15 is 0 Å². The maximum atomic E-state index is 13.5. The highest BCUT2D eigenvalue weighted by Crippen LogP contribution is 2.18. The summed E-state index contributed by atoms with van der Waals surface area (Å²) in [6.07, 6.45) is 2.79. The third-order valence-corrected chi connectivity index (χ3v) is 3.39. The second kappa shape index (κ2) is 6.54. The first-order valence-electron chi connectivity index (χ1n) is 6.77. The quantitative estimate of drug-likeness (QED) is 0.784. The summed E-state index contributed by atoms with van der Waals surface area (Å²) in [6.45, 7) is 0. The number of para-hydroxylation sites is 1. The van der Waals surface area contributed by atoms with Gasteiger partial charge >= 0.3 is 0 Å². The molecule has 1 N–H and O–H groups in total. The Balaban J connectivity index is 1.78. The fourth-order valence-electron chi connectivity index (χ4n) is 1.95. The van der Waals surface area contributed by atoms with E-state index in [-0.39, 0.29) is 11.3 Å². The van der Waals surface area contributed by atoms with Gasteiger partial charge in [-0.2, -0.15) is 0 Å². The molecule has 0 spiro atoms. The predicted octanol–water partition coefficient (Wildman–Crippen LogP) is 4.19. The molecule has 0 radical (unpaired) electrons. The lowest BCUT2D eigenvalue weighted by Gasteiger charge is -2.06. The zero-order valence-corrected chi connectivity index (χ0v) is 12.6. The number of benzene rings is 2. The molecule has 114 valence electrons. The van der Waals surface area contributed by atoms with Crippen LogP contribution in [0.1, 0.15) is 10.4 Å². The molecule has 0 aliphatic carbocycles. The van der Waals surface area contributed by atoms with Crippen molar-refractivity contribution < 1.29 is 9.18 Å². The van der Waals surface area contributed by atoms with Gasteiger partial charge < -0.3 is 5.32 Å². The maximum absolute atomic E-state index is 13.5. The second-order valence-corrected chi connectivity index (χ2v) is 5.17. The number of rotatable bonds is 3. The Hall–Kier alpha value is -2.79. The SMILES string of the molecule is O=C(Nc1ccccc1F)c1cnc(-c2ccc(Cl)cc2)nc1. The number of aromatic nitrogens is 2. The molecule has 0 saturated carbocycles. The van der Waals surface area contributed by atoms with Crippen molar-refractivity contribution in [1.29, 1.82) is 0 Å². The molecule has 23 heavy (non-hydrogen) atoms. The minimum Gasteiger partial charge on any atom is -0.319 e. The summed E-state index contributed by atoms with van der Waals surface area (Å²) < 4.78 is 13.5. The number of hydrogen-bond donors (Lipinski definition) is 1. The van der Waals surface area contributed by atoms with Gasteiger partial charge in [0.1, 0.15) is 5.82 Å². The summed E-state index contributed by atoms with van der Waals surface area (Å²) in [6, 6.07) is 13.0. The molecule has 0 aliphatic heterocycles. The van der Waals surface area contributed by atoms with Gasteiger partial charge in [0.2, 0.25) is 0 Å². The Kier molecular flexibility index (Phi) is 4.30. The van der Waals surface area contributed by atoms with Gasteiger partial charge in [0, 0.05) is 23.0 Å². The average Bonchev–Trinajstić information content (AvgIpc) is 2.58. The summed E-state index contributed by atoms with van der Waals surface area (Å²) >= 11 is 5.83. The Bertz CT molecular complexity index is 835. The van der Waals surface area contributed by atoms with Crippen molar-refractivity contribution >= 4 is 23.2 Å². The summed E-state index contributed by atoms with van der Waals surface area (Å²) in [5.41, 5.74) is 1.14. The van der Waals surface area contributed by atoms with Gasteiger partial charge in [-0.25, -0.2) is 14.4 Å². The monoisotopic (exact) mass is 327 g/mol. The van der Waals surface area contributed by atoms with Crippen LogP contribution in [0.4, 0.5) is 10.1 Å². The molecule has 0 saturated heterocycles. The molecule has 0 bridgehead atoms. The van der Waals surface area contributed by atoms with Crippen molar-refractivity contribution in [2.24, 2.45) is 0 Å². The molecule has 3 rings (SSSR count). The van der Waals surface area contributed by atoms with Crippen LogP contribution in [-0.4, -0.2) is 15.9 Å². The topological polar surface area (TPSA) is 54.9 Å². The van der Waals surface area contributed by atoms with E-state index in [1.165, 1.54) is 24.5 Å². The van der Waals surface area contributed by atoms with Crippen LogP contribution < -0.4 is 5.32 Å². The van der Waals surface area contributed by atoms with Gasteiger partial charge in [-0.05, 0) is 36.4 Å². The molecule has 0 atom stereocenters. The van der Waals surface area contributed by atoms with E-state index in [1.54, 1.807) is 36.4 Å². The predicted molar refractivity (Wildman–Crippen MR) is 86.8 cm³/mol. The summed E-state index contributed by atoms with van der Waals surface area (Å²) in [5.74, 6) is -0.499. The normalized spacial score (nSPS) is 10.3. The van der Waals surface area contributed by atoms with Crippen LogP contribution in [0.2, 0.25) is 5.02 Å². The first-order valence-corrected chi connectivity index (χ1v) is 7.15. The third-order valence-electron chi connectivity index (χ3n) is 3.14. The molecule has 3 aromatic rings. The summed E-state index contributed by atoms with van der Waals surface area (Å²) in [5, 5.41) is 3.10. The highest BCUT2D eigenvalue weighted by molar-refractivity contribution is 6.30. The smallest absolute Gasteiger partial charge is 0.258 e. The van der Waals surface area contributed by atoms with Crippen LogP contribution in [0.5, 0.6) is 0 Å². The molecule has 6 heteroatoms. The van der Waals surface area contributed by atoms with Gasteiger partial charge in [-0.15, -0.1) is 0 Å². The second-order valence-electron chi connectivity index (χ2n) is 4.74. The fraction of sp³-hybridized carbons (Fsp3) is 0. The van der Waals surface area contributed by atoms with Gasteiger partial charge in [-0.3, -0.25) is 4.79 Å². The maximum Gasteiger partial charge on any atom is 0.258 e. The molecule has 1 amide bonds. The van der Waals surface area contributed by atoms with Crippen molar-refractivity contribution in [3.63, 3.8) is 0 Å². The van der Waals surface area contributed by atoms with Crippen LogP contribution in [0, 0.1) is 5.82 Å². The Morgan fingerprint density at radius 1 is 1.00 bits per heavy atom. The molecule has 0 fully saturated rings. The largest absolute Gasteiger partial charge is 0.319 e. The van der Waals surface area contributed by atoms with Crippen molar-refractivity contribution in [2.45, 2.75) is 0 Å². The highest BCUT2D eigenvalue weighted by Gasteiger charge is 2.10. The van der Waals surface area contributed by atoms with Crippen LogP contribution in [0.3, 0.4) is 0 Å². The Morgan fingerprint density at radius 2 is 1.65 bits per heavy atom. The standard InChI is InChI=1S/C17H11ClFN3O/c18-13-7-5-11(6-8-13)16-20-9-12(10-21-16)17(23)22-15-4-2-1-3-14(15)19/h1-10H,(H,22,23). The van der Waals surface area contributed by atoms with Crippen molar-refractivity contribution in [2.75, 3.05) is 5.32 Å². The minimum atomic E-state index is -0.500. The van der Waals surface area contributed by atoms with Crippen LogP contribution in [0.15, 0.2) is 60.9 Å². The van der Waals surface area contributed by atoms with E-state index in [4.69, 9.17) is 11.6 Å². The summed E-state index contributed by atoms with van der Waals surface area (Å²) in [7, 11) is 0. The number of carbonyl (C=O) groups is 1. The number of nitrogens with zero attached hydrogens (tertiary/aromatic N) is 2. The zero-order valence-electron chi connectivity index (χ0n) is 11.8. The number of halogens is 2. The molecule has 0 aliphatic rings. The van der Waals surface area contributed by atoms with Gasteiger partial charge in [-0.1, -0.05) is 23.7 Å². The highest BCUT2D eigenvalue weighted by atomic mass is 35.5. The lowest BCUT2D eigenvalue weighted by Crippen LogP contribution is -2.13. The van der Waals surface area contributed by atoms with E-state index in [9.17, 15) is 9.18 Å². The molecule has 2 aromatic carbocycles. The molecular weight excluding hydrogens is 317 g/mol. The minimum absolute atomic E-state index is 0.110. The number of anilines is 1. The average molecular weight is 328 g/mol. The van der Waals surface area contributed by atoms with Crippen LogP contribution in [-0.2, 0) is 0 Å². The van der Waals surface area contributed by atoms with Crippen molar-refractivity contribution in [3.05, 3.63) is 77.3 Å². The van der Waals surface area contributed by atoms with E-state index in [2.05, 4.69) is 15.3 Å². The van der Waals surface area contributed by atoms with Gasteiger partial charge in [0.05, 0.1) is 11.3 Å². The molecule has 1 aromatic heterocycles. The van der Waals surface area contributed by atoms with Crippen LogP contribution in [0.25, 0.3) is 11.4 Å². The number of nitrogens with one attached hydrogen (secondary N) is 1. The molecule has 4 nitrogen and oxygen atoms in total. The number of hydrogen-bond acceptors (Lipinski definition) is 3. The van der Waals surface area contributed by atoms with Crippen LogP contribution >= 0.6 is 11.6 Å². The van der Waals surface area contributed by atoms with Crippen molar-refractivity contribution in [3.8, 4) is 11.4 Å². The van der Waals surface area contributed by atoms with Gasteiger partial charge in [0.25, 0.3) is 5.91 Å². The number of amides is 1. The van der Waals surface area contributed by atoms with Gasteiger partial charge in [0.15, 0.2) is 5.82 Å². The first-order chi connectivity index (χ1) is 11.1. The fourth-order valence-corrected chi connectivity index (χ4v) is 2.08. The molecule has 1 heterocycles. The van der Waals surface area contributed by atoms with E-state index < -0.39 is 11.7 Å². The zero-order chi connectivity index (χ0) is 16.2. The molecular formula is C17H11ClFN3O. The lowest BCUT2D eigenvalue weighted by molar-refractivity contribution is 0.102. The third kappa shape index (κ3) is 3.52. The van der Waals surface area contributed by atoms with E-state index in [0.717, 1.165) is 5.56 Å². The van der Waals surface area contributed by atoms with Crippen molar-refractivity contribution in [1.82, 2.24) is 9.97 Å². The number of carbonyl (C=O) groups excluding carboxylic acids is 1. The van der Waals surface area contributed by atoms with E-state index in [0.29, 0.717) is 10.8 Å². The summed E-state index contributed by atoms with van der Waals surface area (Å²) in [4.78, 5) is 20.4. The first kappa shape index (κ1) is 15.1. The van der Waals surface area contributed by atoms with E-state index in [1.807, 2.05) is 0 Å². The Morgan fingerprint density at radius 3 is 2.30 bits per heavy atom.